The highest BCUT2D eigenvalue weighted by molar-refractivity contribution is 6.35. The Labute approximate surface area is 138 Å². The van der Waals surface area contributed by atoms with Gasteiger partial charge in [0.15, 0.2) is 6.61 Å². The van der Waals surface area contributed by atoms with Gasteiger partial charge in [-0.25, -0.2) is 4.79 Å². The highest BCUT2D eigenvalue weighted by atomic mass is 35.5. The number of halogens is 1. The quantitative estimate of drug-likeness (QED) is 0.934. The van der Waals surface area contributed by atoms with Gasteiger partial charge in [-0.3, -0.25) is 4.79 Å². The van der Waals surface area contributed by atoms with Crippen LogP contribution < -0.4 is 4.74 Å². The van der Waals surface area contributed by atoms with E-state index in [4.69, 9.17) is 21.4 Å². The summed E-state index contributed by atoms with van der Waals surface area (Å²) in [7, 11) is 0. The van der Waals surface area contributed by atoms with E-state index in [1.807, 2.05) is 24.3 Å². The molecule has 5 nitrogen and oxygen atoms in total. The van der Waals surface area contributed by atoms with E-state index in [0.717, 1.165) is 10.8 Å². The molecule has 2 aromatic carbocycles. The molecule has 3 rings (SSSR count). The molecule has 120 valence electrons. The first-order chi connectivity index (χ1) is 11.1. The topological polar surface area (TPSA) is 66.8 Å². The average molecular weight is 334 g/mol. The van der Waals surface area contributed by atoms with Crippen molar-refractivity contribution in [3.63, 3.8) is 0 Å². The van der Waals surface area contributed by atoms with Crippen LogP contribution in [0.5, 0.6) is 5.75 Å². The van der Waals surface area contributed by atoms with E-state index in [-0.39, 0.29) is 12.5 Å². The molecule has 1 saturated heterocycles. The number of likely N-dealkylation sites (tertiary alicyclic amines) is 1. The summed E-state index contributed by atoms with van der Waals surface area (Å²) >= 11 is 6.15. The molecule has 0 aromatic heterocycles. The van der Waals surface area contributed by atoms with Crippen molar-refractivity contribution in [2.75, 3.05) is 13.2 Å². The third-order valence-electron chi connectivity index (χ3n) is 4.04. The van der Waals surface area contributed by atoms with Gasteiger partial charge in [0.2, 0.25) is 0 Å². The van der Waals surface area contributed by atoms with Crippen LogP contribution in [0.25, 0.3) is 10.8 Å². The molecule has 1 amide bonds. The van der Waals surface area contributed by atoms with Crippen molar-refractivity contribution >= 4 is 34.2 Å². The summed E-state index contributed by atoms with van der Waals surface area (Å²) in [5.41, 5.74) is 0. The number of nitrogens with zero attached hydrogens (tertiary/aromatic N) is 1. The first-order valence-corrected chi connectivity index (χ1v) is 7.78. The van der Waals surface area contributed by atoms with Gasteiger partial charge in [0.05, 0.1) is 0 Å². The molecule has 1 heterocycles. The molecule has 23 heavy (non-hydrogen) atoms. The monoisotopic (exact) mass is 333 g/mol. The summed E-state index contributed by atoms with van der Waals surface area (Å²) in [6.45, 7) is 0.274. The minimum Gasteiger partial charge on any atom is -0.483 e. The smallest absolute Gasteiger partial charge is 0.326 e. The number of aliphatic carboxylic acids is 1. The molecule has 6 heteroatoms. The van der Waals surface area contributed by atoms with Crippen LogP contribution in [0.1, 0.15) is 12.8 Å². The van der Waals surface area contributed by atoms with Gasteiger partial charge in [0, 0.05) is 22.3 Å². The number of hydrogen-bond acceptors (Lipinski definition) is 3. The Morgan fingerprint density at radius 1 is 1.22 bits per heavy atom. The maximum absolute atomic E-state index is 12.2. The van der Waals surface area contributed by atoms with Gasteiger partial charge < -0.3 is 14.7 Å². The van der Waals surface area contributed by atoms with E-state index in [0.29, 0.717) is 30.2 Å². The van der Waals surface area contributed by atoms with E-state index in [2.05, 4.69) is 0 Å². The largest absolute Gasteiger partial charge is 0.483 e. The van der Waals surface area contributed by atoms with Gasteiger partial charge in [-0.05, 0) is 25.0 Å². The van der Waals surface area contributed by atoms with Crippen LogP contribution in [-0.2, 0) is 9.59 Å². The number of hydrogen-bond donors (Lipinski definition) is 1. The zero-order chi connectivity index (χ0) is 16.4. The molecule has 1 aliphatic rings. The molecule has 2 aromatic rings. The number of fused-ring (bicyclic) bond motifs is 1. The molecular formula is C17H16ClNO4. The zero-order valence-corrected chi connectivity index (χ0v) is 13.1. The fourth-order valence-corrected chi connectivity index (χ4v) is 3.13. The number of carbonyl (C=O) groups is 2. The summed E-state index contributed by atoms with van der Waals surface area (Å²) in [4.78, 5) is 24.8. The van der Waals surface area contributed by atoms with E-state index >= 15 is 0 Å². The Morgan fingerprint density at radius 2 is 1.96 bits per heavy atom. The molecule has 1 atom stereocenters. The normalized spacial score (nSPS) is 17.4. The lowest BCUT2D eigenvalue weighted by Crippen LogP contribution is -2.42. The van der Waals surface area contributed by atoms with Crippen LogP contribution in [0.3, 0.4) is 0 Å². The van der Waals surface area contributed by atoms with Gasteiger partial charge in [-0.15, -0.1) is 0 Å². The summed E-state index contributed by atoms with van der Waals surface area (Å²) in [5.74, 6) is -0.717. The lowest BCUT2D eigenvalue weighted by atomic mass is 10.1. The van der Waals surface area contributed by atoms with Crippen LogP contribution in [0.4, 0.5) is 0 Å². The van der Waals surface area contributed by atoms with Crippen LogP contribution in [0.15, 0.2) is 36.4 Å². The molecule has 1 aliphatic heterocycles. The minimum absolute atomic E-state index is 0.185. The van der Waals surface area contributed by atoms with Crippen molar-refractivity contribution in [2.45, 2.75) is 18.9 Å². The van der Waals surface area contributed by atoms with E-state index < -0.39 is 12.0 Å². The van der Waals surface area contributed by atoms with Gasteiger partial charge in [-0.1, -0.05) is 35.9 Å². The molecule has 1 fully saturated rings. The number of ether oxygens (including phenoxy) is 1. The standard InChI is InChI=1S/C17H16ClNO4/c18-13-7-8-15(12-5-2-1-4-11(12)13)23-10-16(20)19-9-3-6-14(19)17(21)22/h1-2,4-5,7-8,14H,3,6,9-10H2,(H,21,22)/t14-/m0/s1. The predicted octanol–water partition coefficient (Wildman–Crippen LogP) is 2.95. The van der Waals surface area contributed by atoms with Crippen molar-refractivity contribution in [3.05, 3.63) is 41.4 Å². The summed E-state index contributed by atoms with van der Waals surface area (Å²) in [6, 6.07) is 10.2. The van der Waals surface area contributed by atoms with Crippen LogP contribution in [0.2, 0.25) is 5.02 Å². The van der Waals surface area contributed by atoms with Crippen molar-refractivity contribution < 1.29 is 19.4 Å². The maximum Gasteiger partial charge on any atom is 0.326 e. The van der Waals surface area contributed by atoms with Gasteiger partial charge in [0.25, 0.3) is 5.91 Å². The first-order valence-electron chi connectivity index (χ1n) is 7.40. The average Bonchev–Trinajstić information content (AvgIpc) is 3.04. The Morgan fingerprint density at radius 3 is 2.70 bits per heavy atom. The second kappa shape index (κ2) is 6.46. The lowest BCUT2D eigenvalue weighted by molar-refractivity contribution is -0.148. The Bertz CT molecular complexity index is 761. The molecule has 0 aliphatic carbocycles. The number of carboxylic acids is 1. The van der Waals surface area contributed by atoms with Gasteiger partial charge in [-0.2, -0.15) is 0 Å². The highest BCUT2D eigenvalue weighted by Gasteiger charge is 2.33. The van der Waals surface area contributed by atoms with Crippen molar-refractivity contribution in [2.24, 2.45) is 0 Å². The Balaban J connectivity index is 1.75. The van der Waals surface area contributed by atoms with E-state index in [9.17, 15) is 9.59 Å². The molecule has 0 bridgehead atoms. The van der Waals surface area contributed by atoms with Crippen molar-refractivity contribution in [1.29, 1.82) is 0 Å². The maximum atomic E-state index is 12.2. The molecular weight excluding hydrogens is 318 g/mol. The molecule has 0 unspecified atom stereocenters. The Hall–Kier alpha value is -2.27. The SMILES string of the molecule is O=C(O)[C@@H]1CCCN1C(=O)COc1ccc(Cl)c2ccccc12. The van der Waals surface area contributed by atoms with Crippen molar-refractivity contribution in [3.8, 4) is 5.75 Å². The fourth-order valence-electron chi connectivity index (χ4n) is 2.90. The summed E-state index contributed by atoms with van der Waals surface area (Å²) < 4.78 is 5.63. The van der Waals surface area contributed by atoms with Crippen LogP contribution in [-0.4, -0.2) is 41.1 Å². The fraction of sp³-hybridized carbons (Fsp3) is 0.294. The Kier molecular flexibility index (Phi) is 4.39. The predicted molar refractivity (Wildman–Crippen MR) is 86.8 cm³/mol. The van der Waals surface area contributed by atoms with Crippen LogP contribution in [0, 0.1) is 0 Å². The van der Waals surface area contributed by atoms with Gasteiger partial charge >= 0.3 is 5.97 Å². The zero-order valence-electron chi connectivity index (χ0n) is 12.4. The van der Waals surface area contributed by atoms with Crippen molar-refractivity contribution in [1.82, 2.24) is 4.90 Å². The summed E-state index contributed by atoms with van der Waals surface area (Å²) in [5, 5.41) is 11.4. The number of carboxylic acid groups (broad SMARTS) is 1. The number of benzene rings is 2. The number of amides is 1. The van der Waals surface area contributed by atoms with E-state index in [1.165, 1.54) is 4.90 Å². The molecule has 0 radical (unpaired) electrons. The minimum atomic E-state index is -0.965. The first kappa shape index (κ1) is 15.6. The highest BCUT2D eigenvalue weighted by Crippen LogP contribution is 2.31. The second-order valence-corrected chi connectivity index (χ2v) is 5.87. The summed E-state index contributed by atoms with van der Waals surface area (Å²) in [6.07, 6.45) is 1.19. The van der Waals surface area contributed by atoms with Gasteiger partial charge in [0.1, 0.15) is 11.8 Å². The van der Waals surface area contributed by atoms with E-state index in [1.54, 1.807) is 12.1 Å². The third-order valence-corrected chi connectivity index (χ3v) is 4.37. The number of carbonyl (C=O) groups excluding carboxylic acids is 1. The van der Waals surface area contributed by atoms with Crippen LogP contribution >= 0.6 is 11.6 Å². The number of rotatable bonds is 4. The third kappa shape index (κ3) is 3.10. The molecule has 0 saturated carbocycles. The lowest BCUT2D eigenvalue weighted by Gasteiger charge is -2.21. The second-order valence-electron chi connectivity index (χ2n) is 5.46. The molecule has 1 N–H and O–H groups in total. The molecule has 0 spiro atoms.